The molecular weight excluding hydrogens is 234 g/mol. The lowest BCUT2D eigenvalue weighted by molar-refractivity contribution is 0.238. The van der Waals surface area contributed by atoms with Crippen molar-refractivity contribution in [2.45, 2.75) is 39.8 Å². The highest BCUT2D eigenvalue weighted by molar-refractivity contribution is 7.17. The summed E-state index contributed by atoms with van der Waals surface area (Å²) in [6.45, 7) is 7.13. The van der Waals surface area contributed by atoms with Gasteiger partial charge in [-0.05, 0) is 20.3 Å². The van der Waals surface area contributed by atoms with Gasteiger partial charge in [0.2, 0.25) is 0 Å². The third-order valence-electron chi connectivity index (χ3n) is 3.01. The van der Waals surface area contributed by atoms with Crippen molar-refractivity contribution in [3.05, 3.63) is 22.5 Å². The zero-order valence-electron chi connectivity index (χ0n) is 10.5. The summed E-state index contributed by atoms with van der Waals surface area (Å²) in [7, 11) is 0. The van der Waals surface area contributed by atoms with E-state index in [0.717, 1.165) is 23.6 Å². The standard InChI is InChI=1S/C12H19N3OS/c1-4-10(7-16)13-5-11-9(3)14-12-15(11)6-8(2)17-12/h6,10,13,16H,4-5,7H2,1-3H3/t10-/m0/s1. The lowest BCUT2D eigenvalue weighted by Crippen LogP contribution is -2.31. The van der Waals surface area contributed by atoms with E-state index in [0.29, 0.717) is 0 Å². The Bertz CT molecular complexity index is 499. The largest absolute Gasteiger partial charge is 0.395 e. The molecular formula is C12H19N3OS. The Morgan fingerprint density at radius 3 is 2.94 bits per heavy atom. The van der Waals surface area contributed by atoms with Crippen LogP contribution in [0.4, 0.5) is 0 Å². The minimum atomic E-state index is 0.166. The molecule has 0 saturated carbocycles. The Morgan fingerprint density at radius 2 is 2.29 bits per heavy atom. The Morgan fingerprint density at radius 1 is 1.53 bits per heavy atom. The molecule has 5 heteroatoms. The molecule has 2 heterocycles. The Kier molecular flexibility index (Phi) is 3.81. The van der Waals surface area contributed by atoms with Crippen molar-refractivity contribution in [2.24, 2.45) is 0 Å². The quantitative estimate of drug-likeness (QED) is 0.855. The summed E-state index contributed by atoms with van der Waals surface area (Å²) in [5.74, 6) is 0. The van der Waals surface area contributed by atoms with Gasteiger partial charge in [-0.1, -0.05) is 6.92 Å². The van der Waals surface area contributed by atoms with Gasteiger partial charge in [-0.15, -0.1) is 11.3 Å². The van der Waals surface area contributed by atoms with Crippen molar-refractivity contribution in [1.82, 2.24) is 14.7 Å². The van der Waals surface area contributed by atoms with Crippen LogP contribution in [0.3, 0.4) is 0 Å². The van der Waals surface area contributed by atoms with Crippen LogP contribution in [0.1, 0.15) is 29.6 Å². The van der Waals surface area contributed by atoms with Crippen LogP contribution in [-0.2, 0) is 6.54 Å². The number of aliphatic hydroxyl groups excluding tert-OH is 1. The third kappa shape index (κ3) is 2.51. The van der Waals surface area contributed by atoms with Crippen LogP contribution in [0.2, 0.25) is 0 Å². The number of aryl methyl sites for hydroxylation is 2. The van der Waals surface area contributed by atoms with Crippen molar-refractivity contribution in [3.63, 3.8) is 0 Å². The number of thiazole rings is 1. The fourth-order valence-electron chi connectivity index (χ4n) is 1.90. The topological polar surface area (TPSA) is 49.6 Å². The van der Waals surface area contributed by atoms with E-state index < -0.39 is 0 Å². The molecule has 2 aromatic rings. The zero-order valence-corrected chi connectivity index (χ0v) is 11.3. The van der Waals surface area contributed by atoms with E-state index in [1.165, 1.54) is 10.6 Å². The minimum absolute atomic E-state index is 0.166. The number of rotatable bonds is 5. The Labute approximate surface area is 105 Å². The monoisotopic (exact) mass is 253 g/mol. The summed E-state index contributed by atoms with van der Waals surface area (Å²) in [5.41, 5.74) is 2.26. The first kappa shape index (κ1) is 12.5. The van der Waals surface area contributed by atoms with Crippen LogP contribution < -0.4 is 5.32 Å². The first-order valence-corrected chi connectivity index (χ1v) is 6.75. The molecule has 0 radical (unpaired) electrons. The second-order valence-corrected chi connectivity index (χ2v) is 5.52. The molecule has 2 N–H and O–H groups in total. The molecule has 1 atom stereocenters. The highest BCUT2D eigenvalue weighted by atomic mass is 32.1. The molecule has 0 bridgehead atoms. The van der Waals surface area contributed by atoms with Crippen molar-refractivity contribution >= 4 is 16.3 Å². The van der Waals surface area contributed by atoms with E-state index in [-0.39, 0.29) is 12.6 Å². The van der Waals surface area contributed by atoms with Crippen molar-refractivity contribution in [2.75, 3.05) is 6.61 Å². The maximum Gasteiger partial charge on any atom is 0.194 e. The zero-order chi connectivity index (χ0) is 12.4. The van der Waals surface area contributed by atoms with Crippen molar-refractivity contribution < 1.29 is 5.11 Å². The van der Waals surface area contributed by atoms with E-state index in [4.69, 9.17) is 5.11 Å². The molecule has 0 spiro atoms. The molecule has 2 aromatic heterocycles. The van der Waals surface area contributed by atoms with E-state index in [2.05, 4.69) is 34.7 Å². The van der Waals surface area contributed by atoms with E-state index in [1.54, 1.807) is 11.3 Å². The fraction of sp³-hybridized carbons (Fsp3) is 0.583. The number of imidazole rings is 1. The highest BCUT2D eigenvalue weighted by Crippen LogP contribution is 2.20. The molecule has 0 aliphatic carbocycles. The predicted octanol–water partition coefficient (Wildman–Crippen LogP) is 1.87. The summed E-state index contributed by atoms with van der Waals surface area (Å²) < 4.78 is 2.15. The van der Waals surface area contributed by atoms with Gasteiger partial charge in [-0.3, -0.25) is 4.40 Å². The van der Waals surface area contributed by atoms with Crippen LogP contribution >= 0.6 is 11.3 Å². The van der Waals surface area contributed by atoms with Crippen LogP contribution in [0, 0.1) is 13.8 Å². The molecule has 4 nitrogen and oxygen atoms in total. The molecule has 0 aromatic carbocycles. The Balaban J connectivity index is 2.19. The van der Waals surface area contributed by atoms with Crippen LogP contribution in [0.25, 0.3) is 4.96 Å². The van der Waals surface area contributed by atoms with Gasteiger partial charge in [0.15, 0.2) is 4.96 Å². The molecule has 94 valence electrons. The first-order valence-electron chi connectivity index (χ1n) is 5.94. The van der Waals surface area contributed by atoms with E-state index >= 15 is 0 Å². The SMILES string of the molecule is CC[C@@H](CO)NCc1c(C)nc2sc(C)cn12. The molecule has 0 saturated heterocycles. The first-order chi connectivity index (χ1) is 8.15. The van der Waals surface area contributed by atoms with Crippen molar-refractivity contribution in [3.8, 4) is 0 Å². The molecule has 0 aliphatic rings. The van der Waals surface area contributed by atoms with E-state index in [1.807, 2.05) is 6.92 Å². The van der Waals surface area contributed by atoms with Gasteiger partial charge in [0.25, 0.3) is 0 Å². The number of aliphatic hydroxyl groups is 1. The van der Waals surface area contributed by atoms with Gasteiger partial charge in [-0.25, -0.2) is 4.98 Å². The minimum Gasteiger partial charge on any atom is -0.395 e. The summed E-state index contributed by atoms with van der Waals surface area (Å²) in [6.07, 6.45) is 3.05. The second kappa shape index (κ2) is 5.16. The lowest BCUT2D eigenvalue weighted by atomic mass is 10.2. The van der Waals surface area contributed by atoms with Gasteiger partial charge in [0, 0.05) is 23.7 Å². The number of aromatic nitrogens is 2. The summed E-state index contributed by atoms with van der Waals surface area (Å²) in [6, 6.07) is 0.166. The highest BCUT2D eigenvalue weighted by Gasteiger charge is 2.12. The number of nitrogens with one attached hydrogen (secondary N) is 1. The summed E-state index contributed by atoms with van der Waals surface area (Å²) in [5, 5.41) is 12.5. The summed E-state index contributed by atoms with van der Waals surface area (Å²) in [4.78, 5) is 6.86. The predicted molar refractivity (Wildman–Crippen MR) is 70.5 cm³/mol. The Hall–Kier alpha value is -0.910. The number of hydrogen-bond acceptors (Lipinski definition) is 4. The summed E-state index contributed by atoms with van der Waals surface area (Å²) >= 11 is 1.71. The number of nitrogens with zero attached hydrogens (tertiary/aromatic N) is 2. The van der Waals surface area contributed by atoms with Gasteiger partial charge in [0.1, 0.15) is 0 Å². The number of fused-ring (bicyclic) bond motifs is 1. The normalized spacial score (nSPS) is 13.4. The smallest absolute Gasteiger partial charge is 0.194 e. The van der Waals surface area contributed by atoms with Gasteiger partial charge < -0.3 is 10.4 Å². The maximum atomic E-state index is 9.16. The van der Waals surface area contributed by atoms with Crippen LogP contribution in [0.5, 0.6) is 0 Å². The fourth-order valence-corrected chi connectivity index (χ4v) is 2.79. The van der Waals surface area contributed by atoms with Crippen molar-refractivity contribution in [1.29, 1.82) is 0 Å². The van der Waals surface area contributed by atoms with Crippen LogP contribution in [0.15, 0.2) is 6.20 Å². The average Bonchev–Trinajstić information content (AvgIpc) is 2.77. The molecule has 0 fully saturated rings. The molecule has 0 unspecified atom stereocenters. The van der Waals surface area contributed by atoms with Gasteiger partial charge >= 0.3 is 0 Å². The van der Waals surface area contributed by atoms with Gasteiger partial charge in [0.05, 0.1) is 18.0 Å². The lowest BCUT2D eigenvalue weighted by Gasteiger charge is -2.13. The molecule has 0 amide bonds. The third-order valence-corrected chi connectivity index (χ3v) is 3.91. The molecule has 2 rings (SSSR count). The van der Waals surface area contributed by atoms with E-state index in [9.17, 15) is 0 Å². The molecule has 17 heavy (non-hydrogen) atoms. The molecule has 0 aliphatic heterocycles. The maximum absolute atomic E-state index is 9.16. The second-order valence-electron chi connectivity index (χ2n) is 4.31. The average molecular weight is 253 g/mol. The number of hydrogen-bond donors (Lipinski definition) is 2. The van der Waals surface area contributed by atoms with Gasteiger partial charge in [-0.2, -0.15) is 0 Å². The van der Waals surface area contributed by atoms with Crippen LogP contribution in [-0.4, -0.2) is 27.1 Å².